The van der Waals surface area contributed by atoms with Crippen molar-refractivity contribution in [1.82, 2.24) is 14.8 Å². The number of hydrogen-bond acceptors (Lipinski definition) is 4. The zero-order valence-electron chi connectivity index (χ0n) is 7.77. The monoisotopic (exact) mass is 183 g/mol. The number of Topliss-reactive ketones (excluding diaryl/α,β-unsaturated/α-hetero) is 1. The van der Waals surface area contributed by atoms with Gasteiger partial charge in [-0.25, -0.2) is 9.67 Å². The van der Waals surface area contributed by atoms with E-state index < -0.39 is 6.10 Å². The highest BCUT2D eigenvalue weighted by atomic mass is 16.3. The van der Waals surface area contributed by atoms with Gasteiger partial charge >= 0.3 is 0 Å². The Morgan fingerprint density at radius 2 is 2.46 bits per heavy atom. The van der Waals surface area contributed by atoms with Gasteiger partial charge in [-0.05, 0) is 13.8 Å². The number of carbonyl (C=O) groups excluding carboxylic acids is 1. The molecule has 0 spiro atoms. The number of ketones is 1. The number of hydrogen-bond donors (Lipinski definition) is 1. The van der Waals surface area contributed by atoms with Crippen LogP contribution in [0.5, 0.6) is 0 Å². The molecule has 13 heavy (non-hydrogen) atoms. The van der Waals surface area contributed by atoms with E-state index in [1.165, 1.54) is 13.3 Å². The molecular formula is C8H13N3O2. The summed E-state index contributed by atoms with van der Waals surface area (Å²) in [6, 6.07) is 0. The minimum absolute atomic E-state index is 0.144. The molecule has 1 N–H and O–H groups in total. The number of rotatable bonds is 4. The number of aryl methyl sites for hydroxylation is 1. The Morgan fingerprint density at radius 3 is 3.00 bits per heavy atom. The first-order valence-electron chi connectivity index (χ1n) is 4.22. The molecule has 0 fully saturated rings. The highest BCUT2D eigenvalue weighted by molar-refractivity contribution is 5.83. The summed E-state index contributed by atoms with van der Waals surface area (Å²) in [5, 5.41) is 12.9. The molecule has 0 saturated carbocycles. The van der Waals surface area contributed by atoms with Crippen LogP contribution in [0.4, 0.5) is 0 Å². The fraction of sp³-hybridized carbons (Fsp3) is 0.625. The highest BCUT2D eigenvalue weighted by Crippen LogP contribution is 1.98. The van der Waals surface area contributed by atoms with Gasteiger partial charge in [-0.2, -0.15) is 5.10 Å². The topological polar surface area (TPSA) is 68.0 Å². The maximum absolute atomic E-state index is 11.1. The molecule has 0 aliphatic rings. The molecule has 0 radical (unpaired) electrons. The number of carbonyl (C=O) groups is 1. The largest absolute Gasteiger partial charge is 0.386 e. The van der Waals surface area contributed by atoms with E-state index in [0.717, 1.165) is 0 Å². The number of aliphatic hydroxyl groups is 1. The van der Waals surface area contributed by atoms with Crippen LogP contribution in [0.1, 0.15) is 19.7 Å². The predicted octanol–water partition coefficient (Wildman–Crippen LogP) is -0.210. The Bertz CT molecular complexity index is 293. The van der Waals surface area contributed by atoms with Crippen molar-refractivity contribution in [1.29, 1.82) is 0 Å². The van der Waals surface area contributed by atoms with Crippen molar-refractivity contribution in [3.05, 3.63) is 12.2 Å². The third-order valence-electron chi connectivity index (χ3n) is 1.79. The van der Waals surface area contributed by atoms with Crippen molar-refractivity contribution in [2.45, 2.75) is 32.9 Å². The van der Waals surface area contributed by atoms with Gasteiger partial charge in [0.15, 0.2) is 5.78 Å². The van der Waals surface area contributed by atoms with Crippen molar-refractivity contribution in [2.24, 2.45) is 0 Å². The Morgan fingerprint density at radius 1 is 1.77 bits per heavy atom. The molecule has 1 atom stereocenters. The maximum Gasteiger partial charge on any atom is 0.168 e. The summed E-state index contributed by atoms with van der Waals surface area (Å²) in [6.07, 6.45) is 0.627. The predicted molar refractivity (Wildman–Crippen MR) is 46.1 cm³/mol. The lowest BCUT2D eigenvalue weighted by Crippen LogP contribution is -2.20. The van der Waals surface area contributed by atoms with Crippen LogP contribution in [-0.2, 0) is 17.8 Å². The lowest BCUT2D eigenvalue weighted by molar-refractivity contribution is -0.125. The summed E-state index contributed by atoms with van der Waals surface area (Å²) in [6.45, 7) is 4.06. The van der Waals surface area contributed by atoms with E-state index in [-0.39, 0.29) is 12.2 Å². The minimum Gasteiger partial charge on any atom is -0.386 e. The summed E-state index contributed by atoms with van der Waals surface area (Å²) in [4.78, 5) is 15.1. The lowest BCUT2D eigenvalue weighted by Gasteiger charge is -2.03. The smallest absolute Gasteiger partial charge is 0.168 e. The van der Waals surface area contributed by atoms with Gasteiger partial charge in [0.1, 0.15) is 18.3 Å². The van der Waals surface area contributed by atoms with Crippen LogP contribution >= 0.6 is 0 Å². The fourth-order valence-corrected chi connectivity index (χ4v) is 0.993. The molecule has 72 valence electrons. The maximum atomic E-state index is 11.1. The summed E-state index contributed by atoms with van der Waals surface area (Å²) in [5.74, 6) is 0.371. The van der Waals surface area contributed by atoms with Gasteiger partial charge in [-0.3, -0.25) is 4.79 Å². The minimum atomic E-state index is -0.929. The van der Waals surface area contributed by atoms with Gasteiger partial charge in [0, 0.05) is 6.54 Å². The van der Waals surface area contributed by atoms with Gasteiger partial charge < -0.3 is 5.11 Å². The molecule has 1 unspecified atom stereocenters. The van der Waals surface area contributed by atoms with E-state index in [9.17, 15) is 4.79 Å². The Labute approximate surface area is 76.4 Å². The Hall–Kier alpha value is -1.23. The Balaban J connectivity index is 2.68. The van der Waals surface area contributed by atoms with Crippen LogP contribution in [0, 0.1) is 0 Å². The molecule has 0 aliphatic heterocycles. The summed E-state index contributed by atoms with van der Waals surface area (Å²) >= 11 is 0. The molecule has 1 rings (SSSR count). The molecule has 0 aromatic carbocycles. The molecule has 0 saturated heterocycles. The van der Waals surface area contributed by atoms with Crippen molar-refractivity contribution in [3.63, 3.8) is 0 Å². The van der Waals surface area contributed by atoms with Gasteiger partial charge in [0.2, 0.25) is 0 Å². The van der Waals surface area contributed by atoms with Gasteiger partial charge in [-0.1, -0.05) is 0 Å². The van der Waals surface area contributed by atoms with Crippen LogP contribution in [0.3, 0.4) is 0 Å². The average molecular weight is 183 g/mol. The molecule has 1 aromatic heterocycles. The molecule has 5 heteroatoms. The summed E-state index contributed by atoms with van der Waals surface area (Å²) < 4.78 is 1.64. The van der Waals surface area contributed by atoms with Crippen LogP contribution < -0.4 is 0 Å². The molecule has 1 heterocycles. The van der Waals surface area contributed by atoms with E-state index in [1.807, 2.05) is 6.92 Å². The molecule has 0 amide bonds. The molecule has 0 bridgehead atoms. The zero-order chi connectivity index (χ0) is 9.84. The average Bonchev–Trinajstić information content (AvgIpc) is 2.51. The second-order valence-electron chi connectivity index (χ2n) is 2.81. The van der Waals surface area contributed by atoms with Crippen LogP contribution in [0.25, 0.3) is 0 Å². The SMILES string of the molecule is CCn1ncnc1CC(=O)C(C)O. The standard InChI is InChI=1S/C8H13N3O2/c1-3-11-8(9-5-10-11)4-7(13)6(2)12/h5-6,12H,3-4H2,1-2H3. The van der Waals surface area contributed by atoms with Crippen molar-refractivity contribution in [2.75, 3.05) is 0 Å². The van der Waals surface area contributed by atoms with Crippen molar-refractivity contribution < 1.29 is 9.90 Å². The van der Waals surface area contributed by atoms with Gasteiger partial charge in [0.05, 0.1) is 6.42 Å². The number of nitrogens with zero attached hydrogens (tertiary/aromatic N) is 3. The molecule has 5 nitrogen and oxygen atoms in total. The van der Waals surface area contributed by atoms with E-state index in [0.29, 0.717) is 12.4 Å². The van der Waals surface area contributed by atoms with Gasteiger partial charge in [-0.15, -0.1) is 0 Å². The number of aliphatic hydroxyl groups excluding tert-OH is 1. The fourth-order valence-electron chi connectivity index (χ4n) is 0.993. The molecule has 0 aliphatic carbocycles. The summed E-state index contributed by atoms with van der Waals surface area (Å²) in [7, 11) is 0. The van der Waals surface area contributed by atoms with Crippen LogP contribution in [0.15, 0.2) is 6.33 Å². The van der Waals surface area contributed by atoms with E-state index >= 15 is 0 Å². The Kier molecular flexibility index (Phi) is 3.13. The first-order chi connectivity index (χ1) is 6.15. The quantitative estimate of drug-likeness (QED) is 0.701. The van der Waals surface area contributed by atoms with Crippen molar-refractivity contribution >= 4 is 5.78 Å². The third-order valence-corrected chi connectivity index (χ3v) is 1.79. The summed E-state index contributed by atoms with van der Waals surface area (Å²) in [5.41, 5.74) is 0. The molecular weight excluding hydrogens is 170 g/mol. The van der Waals surface area contributed by atoms with Crippen LogP contribution in [0.2, 0.25) is 0 Å². The van der Waals surface area contributed by atoms with E-state index in [1.54, 1.807) is 4.68 Å². The normalized spacial score (nSPS) is 12.8. The molecule has 1 aromatic rings. The van der Waals surface area contributed by atoms with E-state index in [2.05, 4.69) is 10.1 Å². The second kappa shape index (κ2) is 4.13. The van der Waals surface area contributed by atoms with Crippen molar-refractivity contribution in [3.8, 4) is 0 Å². The first-order valence-corrected chi connectivity index (χ1v) is 4.22. The second-order valence-corrected chi connectivity index (χ2v) is 2.81. The van der Waals surface area contributed by atoms with Crippen LogP contribution in [-0.4, -0.2) is 31.8 Å². The third kappa shape index (κ3) is 2.35. The lowest BCUT2D eigenvalue weighted by atomic mass is 10.2. The van der Waals surface area contributed by atoms with E-state index in [4.69, 9.17) is 5.11 Å². The first kappa shape index (κ1) is 9.85. The highest BCUT2D eigenvalue weighted by Gasteiger charge is 2.13. The zero-order valence-corrected chi connectivity index (χ0v) is 7.77. The van der Waals surface area contributed by atoms with Gasteiger partial charge in [0.25, 0.3) is 0 Å². The number of aromatic nitrogens is 3.